The van der Waals surface area contributed by atoms with E-state index in [0.29, 0.717) is 6.04 Å². The fraction of sp³-hybridized carbons (Fsp3) is 0.444. The molecule has 0 radical (unpaired) electrons. The van der Waals surface area contributed by atoms with Gasteiger partial charge in [0.1, 0.15) is 0 Å². The largest absolute Gasteiger partial charge is 0.314 e. The van der Waals surface area contributed by atoms with E-state index in [-0.39, 0.29) is 0 Å². The smallest absolute Gasteiger partial charge is 0.0462 e. The lowest BCUT2D eigenvalue weighted by Gasteiger charge is -2.24. The topological polar surface area (TPSA) is 37.0 Å². The zero-order valence-corrected chi connectivity index (χ0v) is 6.96. The van der Waals surface area contributed by atoms with Gasteiger partial charge in [-0.25, -0.2) is 0 Å². The molecule has 2 heterocycles. The predicted octanol–water partition coefficient (Wildman–Crippen LogP) is 0.315. The lowest BCUT2D eigenvalue weighted by Crippen LogP contribution is -2.42. The average molecular weight is 163 g/mol. The summed E-state index contributed by atoms with van der Waals surface area (Å²) in [5.74, 6) is 0. The van der Waals surface area contributed by atoms with Crippen LogP contribution in [0.25, 0.3) is 0 Å². The van der Waals surface area contributed by atoms with Gasteiger partial charge in [0.25, 0.3) is 0 Å². The Morgan fingerprint density at radius 1 is 1.42 bits per heavy atom. The fourth-order valence-corrected chi connectivity index (χ4v) is 1.47. The zero-order valence-electron chi connectivity index (χ0n) is 6.96. The van der Waals surface area contributed by atoms with E-state index in [1.165, 1.54) is 5.56 Å². The summed E-state index contributed by atoms with van der Waals surface area (Å²) in [6.07, 6.45) is 3.73. The predicted molar refractivity (Wildman–Crippen MR) is 47.9 cm³/mol. The van der Waals surface area contributed by atoms with Gasteiger partial charge in [-0.2, -0.15) is 0 Å². The Bertz CT molecular complexity index is 229. The zero-order chi connectivity index (χ0) is 8.23. The number of aromatic nitrogens is 1. The van der Waals surface area contributed by atoms with Crippen molar-refractivity contribution in [2.24, 2.45) is 0 Å². The molecule has 64 valence electrons. The highest BCUT2D eigenvalue weighted by Crippen LogP contribution is 2.10. The molecule has 0 aliphatic carbocycles. The minimum Gasteiger partial charge on any atom is -0.314 e. The van der Waals surface area contributed by atoms with Crippen molar-refractivity contribution in [1.82, 2.24) is 15.6 Å². The third-order valence-electron chi connectivity index (χ3n) is 2.13. The summed E-state index contributed by atoms with van der Waals surface area (Å²) in [7, 11) is 0. The van der Waals surface area contributed by atoms with Crippen LogP contribution in [0.4, 0.5) is 0 Å². The molecule has 0 amide bonds. The third-order valence-corrected chi connectivity index (χ3v) is 2.13. The second-order valence-electron chi connectivity index (χ2n) is 3.00. The third kappa shape index (κ3) is 1.62. The fourth-order valence-electron chi connectivity index (χ4n) is 1.47. The van der Waals surface area contributed by atoms with Gasteiger partial charge in [-0.15, -0.1) is 0 Å². The van der Waals surface area contributed by atoms with Gasteiger partial charge in [-0.1, -0.05) is 6.07 Å². The number of nitrogens with one attached hydrogen (secondary N) is 2. The average Bonchev–Trinajstić information content (AvgIpc) is 2.21. The van der Waals surface area contributed by atoms with Crippen LogP contribution in [-0.2, 0) is 0 Å². The van der Waals surface area contributed by atoms with Gasteiger partial charge in [-0.3, -0.25) is 4.98 Å². The molecule has 1 fully saturated rings. The molecule has 3 heteroatoms. The molecule has 0 saturated carbocycles. The van der Waals surface area contributed by atoms with E-state index in [0.717, 1.165) is 19.6 Å². The first-order valence-corrected chi connectivity index (χ1v) is 4.31. The second kappa shape index (κ2) is 3.65. The summed E-state index contributed by atoms with van der Waals surface area (Å²) in [5, 5.41) is 6.78. The van der Waals surface area contributed by atoms with Gasteiger partial charge >= 0.3 is 0 Å². The Morgan fingerprint density at radius 3 is 3.08 bits per heavy atom. The monoisotopic (exact) mass is 163 g/mol. The van der Waals surface area contributed by atoms with E-state index in [9.17, 15) is 0 Å². The standard InChI is InChI=1S/C9H13N3/c1-2-8(6-10-3-1)9-7-11-4-5-12-9/h1-3,6,9,11-12H,4-5,7H2. The van der Waals surface area contributed by atoms with Crippen molar-refractivity contribution in [2.45, 2.75) is 6.04 Å². The number of hydrogen-bond acceptors (Lipinski definition) is 3. The minimum atomic E-state index is 0.437. The summed E-state index contributed by atoms with van der Waals surface area (Å²) in [4.78, 5) is 4.09. The number of nitrogens with zero attached hydrogens (tertiary/aromatic N) is 1. The molecule has 12 heavy (non-hydrogen) atoms. The molecular formula is C9H13N3. The van der Waals surface area contributed by atoms with Gasteiger partial charge in [0.05, 0.1) is 0 Å². The maximum absolute atomic E-state index is 4.09. The molecule has 2 N–H and O–H groups in total. The van der Waals surface area contributed by atoms with E-state index in [1.807, 2.05) is 12.3 Å². The van der Waals surface area contributed by atoms with Crippen LogP contribution in [0.5, 0.6) is 0 Å². The number of pyridine rings is 1. The summed E-state index contributed by atoms with van der Waals surface area (Å²) in [6, 6.07) is 4.52. The Kier molecular flexibility index (Phi) is 2.34. The molecule has 0 spiro atoms. The summed E-state index contributed by atoms with van der Waals surface area (Å²) in [6.45, 7) is 3.11. The maximum Gasteiger partial charge on any atom is 0.0462 e. The second-order valence-corrected chi connectivity index (χ2v) is 3.00. The lowest BCUT2D eigenvalue weighted by atomic mass is 10.1. The SMILES string of the molecule is c1cncc(C2CNCCN2)c1. The van der Waals surface area contributed by atoms with Crippen LogP contribution in [0.1, 0.15) is 11.6 Å². The van der Waals surface area contributed by atoms with Gasteiger partial charge in [0, 0.05) is 38.1 Å². The lowest BCUT2D eigenvalue weighted by molar-refractivity contribution is 0.429. The van der Waals surface area contributed by atoms with E-state index in [1.54, 1.807) is 6.20 Å². The summed E-state index contributed by atoms with van der Waals surface area (Å²) < 4.78 is 0. The van der Waals surface area contributed by atoms with Crippen molar-refractivity contribution < 1.29 is 0 Å². The molecule has 1 saturated heterocycles. The molecule has 0 aromatic carbocycles. The molecule has 1 aliphatic heterocycles. The molecule has 1 aliphatic rings. The van der Waals surface area contributed by atoms with E-state index in [4.69, 9.17) is 0 Å². The van der Waals surface area contributed by atoms with Gasteiger partial charge in [0.15, 0.2) is 0 Å². The van der Waals surface area contributed by atoms with Crippen molar-refractivity contribution in [3.63, 3.8) is 0 Å². The molecule has 2 rings (SSSR count). The van der Waals surface area contributed by atoms with Crippen molar-refractivity contribution in [1.29, 1.82) is 0 Å². The molecule has 1 aromatic heterocycles. The van der Waals surface area contributed by atoms with Crippen LogP contribution in [-0.4, -0.2) is 24.6 Å². The van der Waals surface area contributed by atoms with Crippen LogP contribution in [0.3, 0.4) is 0 Å². The normalized spacial score (nSPS) is 23.8. The van der Waals surface area contributed by atoms with Crippen LogP contribution < -0.4 is 10.6 Å². The first-order valence-electron chi connectivity index (χ1n) is 4.31. The molecule has 0 bridgehead atoms. The first-order chi connectivity index (χ1) is 5.97. The molecule has 1 unspecified atom stereocenters. The number of rotatable bonds is 1. The van der Waals surface area contributed by atoms with Crippen molar-refractivity contribution in [3.8, 4) is 0 Å². The van der Waals surface area contributed by atoms with Crippen molar-refractivity contribution in [3.05, 3.63) is 30.1 Å². The highest BCUT2D eigenvalue weighted by molar-refractivity contribution is 5.14. The van der Waals surface area contributed by atoms with E-state index in [2.05, 4.69) is 21.7 Å². The Balaban J connectivity index is 2.08. The van der Waals surface area contributed by atoms with Crippen LogP contribution >= 0.6 is 0 Å². The molecule has 1 atom stereocenters. The Labute approximate surface area is 72.2 Å². The number of hydrogen-bond donors (Lipinski definition) is 2. The van der Waals surface area contributed by atoms with Gasteiger partial charge in [0.2, 0.25) is 0 Å². The highest BCUT2D eigenvalue weighted by atomic mass is 15.1. The summed E-state index contributed by atoms with van der Waals surface area (Å²) in [5.41, 5.74) is 1.27. The van der Waals surface area contributed by atoms with Gasteiger partial charge < -0.3 is 10.6 Å². The minimum absolute atomic E-state index is 0.437. The van der Waals surface area contributed by atoms with Gasteiger partial charge in [-0.05, 0) is 11.6 Å². The summed E-state index contributed by atoms with van der Waals surface area (Å²) >= 11 is 0. The van der Waals surface area contributed by atoms with E-state index < -0.39 is 0 Å². The maximum atomic E-state index is 4.09. The molecule has 3 nitrogen and oxygen atoms in total. The van der Waals surface area contributed by atoms with Crippen LogP contribution in [0.2, 0.25) is 0 Å². The van der Waals surface area contributed by atoms with Crippen LogP contribution in [0.15, 0.2) is 24.5 Å². The highest BCUT2D eigenvalue weighted by Gasteiger charge is 2.13. The first kappa shape index (κ1) is 7.71. The van der Waals surface area contributed by atoms with Crippen molar-refractivity contribution in [2.75, 3.05) is 19.6 Å². The van der Waals surface area contributed by atoms with Crippen molar-refractivity contribution >= 4 is 0 Å². The molecule has 1 aromatic rings. The molecular weight excluding hydrogens is 150 g/mol. The number of piperazine rings is 1. The Morgan fingerprint density at radius 2 is 2.42 bits per heavy atom. The van der Waals surface area contributed by atoms with Crippen LogP contribution in [0, 0.1) is 0 Å². The quantitative estimate of drug-likeness (QED) is 0.626. The van der Waals surface area contributed by atoms with E-state index >= 15 is 0 Å². The Hall–Kier alpha value is -0.930.